The lowest BCUT2D eigenvalue weighted by atomic mass is 10.2. The highest BCUT2D eigenvalue weighted by Crippen LogP contribution is 2.20. The van der Waals surface area contributed by atoms with Crippen molar-refractivity contribution in [3.63, 3.8) is 0 Å². The average molecular weight is 373 g/mol. The third kappa shape index (κ3) is 3.24. The molecule has 0 radical (unpaired) electrons. The summed E-state index contributed by atoms with van der Waals surface area (Å²) in [5, 5.41) is 6.74. The molecule has 0 bridgehead atoms. The Labute approximate surface area is 140 Å². The van der Waals surface area contributed by atoms with Crippen molar-refractivity contribution >= 4 is 27.5 Å². The zero-order valence-electron chi connectivity index (χ0n) is 12.2. The highest BCUT2D eigenvalue weighted by atomic mass is 79.9. The van der Waals surface area contributed by atoms with Crippen LogP contribution in [0.25, 0.3) is 5.69 Å². The molecule has 1 amide bonds. The molecule has 0 fully saturated rings. The van der Waals surface area contributed by atoms with E-state index in [9.17, 15) is 9.59 Å². The number of carbonyl (C=O) groups is 1. The highest BCUT2D eigenvalue weighted by molar-refractivity contribution is 9.10. The Balaban J connectivity index is 1.86. The molecule has 6 nitrogen and oxygen atoms in total. The van der Waals surface area contributed by atoms with E-state index in [-0.39, 0.29) is 5.82 Å². The third-order valence-electron chi connectivity index (χ3n) is 3.26. The maximum absolute atomic E-state index is 12.2. The summed E-state index contributed by atoms with van der Waals surface area (Å²) < 4.78 is 2.04. The molecule has 116 valence electrons. The predicted octanol–water partition coefficient (Wildman–Crippen LogP) is 2.88. The highest BCUT2D eigenvalue weighted by Gasteiger charge is 2.14. The van der Waals surface area contributed by atoms with Crippen LogP contribution in [0.3, 0.4) is 0 Å². The quantitative estimate of drug-likeness (QED) is 0.741. The van der Waals surface area contributed by atoms with E-state index in [0.29, 0.717) is 11.4 Å². The minimum Gasteiger partial charge on any atom is -0.319 e. The van der Waals surface area contributed by atoms with Crippen LogP contribution in [0.15, 0.2) is 57.8 Å². The van der Waals surface area contributed by atoms with E-state index < -0.39 is 11.6 Å². The summed E-state index contributed by atoms with van der Waals surface area (Å²) in [7, 11) is 0. The van der Waals surface area contributed by atoms with E-state index in [1.807, 2.05) is 19.1 Å². The van der Waals surface area contributed by atoms with Gasteiger partial charge < -0.3 is 5.32 Å². The Kier molecular flexibility index (Phi) is 4.12. The zero-order chi connectivity index (χ0) is 16.4. The van der Waals surface area contributed by atoms with E-state index in [1.165, 1.54) is 0 Å². The van der Waals surface area contributed by atoms with Crippen LogP contribution < -0.4 is 11.0 Å². The van der Waals surface area contributed by atoms with Crippen molar-refractivity contribution < 1.29 is 4.79 Å². The second-order valence-electron chi connectivity index (χ2n) is 4.94. The Hall–Kier alpha value is -2.67. The molecule has 2 N–H and O–H groups in total. The number of para-hydroxylation sites is 1. The lowest BCUT2D eigenvalue weighted by molar-refractivity contribution is 0.101. The standard InChI is InChI=1S/C16H13BrN4O2/c1-10-7-8-11(9-13(10)17)18-15(22)14-19-16(23)21(20-14)12-5-3-2-4-6-12/h2-9H,1H3,(H,18,22)(H,19,20,23). The van der Waals surface area contributed by atoms with E-state index in [1.54, 1.807) is 36.4 Å². The molecule has 0 saturated heterocycles. The molecule has 23 heavy (non-hydrogen) atoms. The molecule has 3 rings (SSSR count). The number of H-pyrrole nitrogens is 1. The minimum absolute atomic E-state index is 0.0458. The first-order valence-corrected chi connectivity index (χ1v) is 7.66. The summed E-state index contributed by atoms with van der Waals surface area (Å²) in [4.78, 5) is 26.7. The van der Waals surface area contributed by atoms with Crippen LogP contribution in [0.1, 0.15) is 16.2 Å². The van der Waals surface area contributed by atoms with Gasteiger partial charge in [-0.15, -0.1) is 5.10 Å². The van der Waals surface area contributed by atoms with E-state index in [2.05, 4.69) is 31.3 Å². The topological polar surface area (TPSA) is 79.8 Å². The van der Waals surface area contributed by atoms with Gasteiger partial charge in [0, 0.05) is 10.2 Å². The van der Waals surface area contributed by atoms with Gasteiger partial charge in [0.1, 0.15) is 0 Å². The second-order valence-corrected chi connectivity index (χ2v) is 5.80. The van der Waals surface area contributed by atoms with Crippen molar-refractivity contribution in [1.29, 1.82) is 0 Å². The van der Waals surface area contributed by atoms with Crippen LogP contribution >= 0.6 is 15.9 Å². The Bertz CT molecular complexity index is 915. The van der Waals surface area contributed by atoms with E-state index >= 15 is 0 Å². The smallest absolute Gasteiger partial charge is 0.319 e. The predicted molar refractivity (Wildman–Crippen MR) is 91.0 cm³/mol. The second kappa shape index (κ2) is 6.21. The summed E-state index contributed by atoms with van der Waals surface area (Å²) in [6.07, 6.45) is 0. The summed E-state index contributed by atoms with van der Waals surface area (Å²) in [5.74, 6) is -0.525. The van der Waals surface area contributed by atoms with Crippen molar-refractivity contribution in [2.24, 2.45) is 0 Å². The number of aromatic amines is 1. The number of nitrogens with one attached hydrogen (secondary N) is 2. The van der Waals surface area contributed by atoms with Gasteiger partial charge >= 0.3 is 5.69 Å². The lowest BCUT2D eigenvalue weighted by Gasteiger charge is -2.05. The molecule has 0 unspecified atom stereocenters. The molecule has 0 atom stereocenters. The van der Waals surface area contributed by atoms with Crippen molar-refractivity contribution in [2.45, 2.75) is 6.92 Å². The molecule has 0 aliphatic rings. The van der Waals surface area contributed by atoms with Crippen LogP contribution in [0.2, 0.25) is 0 Å². The fourth-order valence-electron chi connectivity index (χ4n) is 2.03. The third-order valence-corrected chi connectivity index (χ3v) is 4.12. The molecule has 0 spiro atoms. The van der Waals surface area contributed by atoms with E-state index in [4.69, 9.17) is 0 Å². The number of hydrogen-bond donors (Lipinski definition) is 2. The molecule has 2 aromatic carbocycles. The number of hydrogen-bond acceptors (Lipinski definition) is 3. The molecule has 0 saturated carbocycles. The Morgan fingerprint density at radius 1 is 1.22 bits per heavy atom. The molecule has 0 aliphatic carbocycles. The fourth-order valence-corrected chi connectivity index (χ4v) is 2.41. The molecule has 0 aliphatic heterocycles. The lowest BCUT2D eigenvalue weighted by Crippen LogP contribution is -2.15. The Morgan fingerprint density at radius 3 is 2.65 bits per heavy atom. The number of halogens is 1. The number of anilines is 1. The molecule has 1 aromatic heterocycles. The van der Waals surface area contributed by atoms with Gasteiger partial charge in [0.15, 0.2) is 0 Å². The molecule has 1 heterocycles. The van der Waals surface area contributed by atoms with Crippen molar-refractivity contribution in [3.05, 3.63) is 74.9 Å². The summed E-state index contributed by atoms with van der Waals surface area (Å²) in [5.41, 5.74) is 1.80. The van der Waals surface area contributed by atoms with Gasteiger partial charge in [-0.05, 0) is 36.8 Å². The van der Waals surface area contributed by atoms with Gasteiger partial charge in [-0.2, -0.15) is 4.68 Å². The largest absolute Gasteiger partial charge is 0.348 e. The van der Waals surface area contributed by atoms with Gasteiger partial charge in [0.05, 0.1) is 5.69 Å². The van der Waals surface area contributed by atoms with Crippen LogP contribution in [-0.2, 0) is 0 Å². The van der Waals surface area contributed by atoms with Gasteiger partial charge in [-0.1, -0.05) is 40.2 Å². The first-order valence-electron chi connectivity index (χ1n) is 6.87. The van der Waals surface area contributed by atoms with Gasteiger partial charge in [0.25, 0.3) is 5.91 Å². The number of benzene rings is 2. The van der Waals surface area contributed by atoms with Gasteiger partial charge in [-0.25, -0.2) is 4.79 Å². The molecule has 7 heteroatoms. The van der Waals surface area contributed by atoms with E-state index in [0.717, 1.165) is 14.7 Å². The maximum atomic E-state index is 12.2. The van der Waals surface area contributed by atoms with Crippen LogP contribution in [0.5, 0.6) is 0 Å². The first-order chi connectivity index (χ1) is 11.0. The van der Waals surface area contributed by atoms with Crippen LogP contribution in [-0.4, -0.2) is 20.7 Å². The molecular weight excluding hydrogens is 360 g/mol. The van der Waals surface area contributed by atoms with Crippen molar-refractivity contribution in [1.82, 2.24) is 14.8 Å². The number of aromatic nitrogens is 3. The van der Waals surface area contributed by atoms with Crippen molar-refractivity contribution in [3.8, 4) is 5.69 Å². The van der Waals surface area contributed by atoms with Crippen molar-refractivity contribution in [2.75, 3.05) is 5.32 Å². The fraction of sp³-hybridized carbons (Fsp3) is 0.0625. The van der Waals surface area contributed by atoms with Gasteiger partial charge in [0.2, 0.25) is 5.82 Å². The molecule has 3 aromatic rings. The maximum Gasteiger partial charge on any atom is 0.348 e. The first kappa shape index (κ1) is 15.2. The van der Waals surface area contributed by atoms with Crippen LogP contribution in [0.4, 0.5) is 5.69 Å². The number of amides is 1. The Morgan fingerprint density at radius 2 is 1.96 bits per heavy atom. The summed E-state index contributed by atoms with van der Waals surface area (Å²) >= 11 is 3.41. The average Bonchev–Trinajstić information content (AvgIpc) is 2.94. The number of carbonyl (C=O) groups excluding carboxylic acids is 1. The van der Waals surface area contributed by atoms with Gasteiger partial charge in [-0.3, -0.25) is 9.78 Å². The number of nitrogens with zero attached hydrogens (tertiary/aromatic N) is 2. The monoisotopic (exact) mass is 372 g/mol. The summed E-state index contributed by atoms with van der Waals surface area (Å²) in [6.45, 7) is 1.95. The number of rotatable bonds is 3. The van der Waals surface area contributed by atoms with Crippen LogP contribution in [0, 0.1) is 6.92 Å². The SMILES string of the molecule is Cc1ccc(NC(=O)c2nn(-c3ccccc3)c(=O)[nH]2)cc1Br. The zero-order valence-corrected chi connectivity index (χ0v) is 13.8. The number of aryl methyl sites for hydroxylation is 1. The summed E-state index contributed by atoms with van der Waals surface area (Å²) in [6, 6.07) is 14.3. The normalized spacial score (nSPS) is 10.5. The minimum atomic E-state index is -0.479. The molecular formula is C16H13BrN4O2.